The quantitative estimate of drug-likeness (QED) is 0.891. The Hall–Kier alpha value is -2.40. The van der Waals surface area contributed by atoms with Crippen LogP contribution >= 0.6 is 0 Å². The predicted molar refractivity (Wildman–Crippen MR) is 90.0 cm³/mol. The van der Waals surface area contributed by atoms with Crippen molar-refractivity contribution in [2.45, 2.75) is 31.0 Å². The Bertz CT molecular complexity index is 761. The largest absolute Gasteiger partial charge is 0.334 e. The number of nitrogens with zero attached hydrogens (tertiary/aromatic N) is 1. The summed E-state index contributed by atoms with van der Waals surface area (Å²) < 4.78 is 13.3. The van der Waals surface area contributed by atoms with E-state index < -0.39 is 0 Å². The van der Waals surface area contributed by atoms with Gasteiger partial charge < -0.3 is 16.0 Å². The molecule has 1 heterocycles. The van der Waals surface area contributed by atoms with Crippen molar-refractivity contribution in [2.75, 3.05) is 6.54 Å². The van der Waals surface area contributed by atoms with Crippen LogP contribution in [-0.2, 0) is 6.42 Å². The van der Waals surface area contributed by atoms with Gasteiger partial charge in [0, 0.05) is 18.6 Å². The van der Waals surface area contributed by atoms with E-state index in [4.69, 9.17) is 5.73 Å². The van der Waals surface area contributed by atoms with Crippen molar-refractivity contribution in [3.05, 3.63) is 71.0 Å². The average molecular weight is 325 g/mol. The van der Waals surface area contributed by atoms with E-state index in [-0.39, 0.29) is 30.0 Å². The number of benzene rings is 2. The Labute approximate surface area is 140 Å². The van der Waals surface area contributed by atoms with Crippen LogP contribution in [0.25, 0.3) is 0 Å². The molecule has 2 aromatic carbocycles. The topological polar surface area (TPSA) is 58.4 Å². The normalized spacial score (nSPS) is 25.1. The highest BCUT2D eigenvalue weighted by Crippen LogP contribution is 2.35. The van der Waals surface area contributed by atoms with E-state index in [0.717, 1.165) is 24.0 Å². The second kappa shape index (κ2) is 5.91. The van der Waals surface area contributed by atoms with Crippen LogP contribution in [-0.4, -0.2) is 29.6 Å². The SMILES string of the molecule is N[C@@H]1C[C@H]1NC(=O)N1CCc2ccccc2[C@@H]1c1ccc(F)cc1. The van der Waals surface area contributed by atoms with Gasteiger partial charge in [-0.1, -0.05) is 36.4 Å². The first kappa shape index (κ1) is 15.1. The molecule has 2 aromatic rings. The summed E-state index contributed by atoms with van der Waals surface area (Å²) in [6.07, 6.45) is 1.65. The first-order valence-electron chi connectivity index (χ1n) is 8.29. The number of carbonyl (C=O) groups excluding carboxylic acids is 1. The third-order valence-corrected chi connectivity index (χ3v) is 4.88. The van der Waals surface area contributed by atoms with Gasteiger partial charge in [0.15, 0.2) is 0 Å². The smallest absolute Gasteiger partial charge is 0.318 e. The van der Waals surface area contributed by atoms with Gasteiger partial charge in [0.25, 0.3) is 0 Å². The molecule has 24 heavy (non-hydrogen) atoms. The Morgan fingerprint density at radius 3 is 2.58 bits per heavy atom. The van der Waals surface area contributed by atoms with Crippen LogP contribution in [0.2, 0.25) is 0 Å². The number of carbonyl (C=O) groups is 1. The lowest BCUT2D eigenvalue weighted by Gasteiger charge is -2.37. The zero-order valence-electron chi connectivity index (χ0n) is 13.3. The molecule has 3 N–H and O–H groups in total. The molecule has 0 spiro atoms. The summed E-state index contributed by atoms with van der Waals surface area (Å²) in [7, 11) is 0. The number of halogens is 1. The molecule has 0 bridgehead atoms. The van der Waals surface area contributed by atoms with Crippen molar-refractivity contribution in [1.29, 1.82) is 0 Å². The molecule has 0 aromatic heterocycles. The Balaban J connectivity index is 1.69. The fourth-order valence-corrected chi connectivity index (χ4v) is 3.41. The number of rotatable bonds is 2. The average Bonchev–Trinajstić information content (AvgIpc) is 3.29. The van der Waals surface area contributed by atoms with Crippen LogP contribution in [0.1, 0.15) is 29.2 Å². The Kier molecular flexibility index (Phi) is 3.73. The highest BCUT2D eigenvalue weighted by Gasteiger charge is 2.38. The molecule has 4 nitrogen and oxygen atoms in total. The van der Waals surface area contributed by atoms with Gasteiger partial charge in [-0.25, -0.2) is 9.18 Å². The highest BCUT2D eigenvalue weighted by molar-refractivity contribution is 5.77. The van der Waals surface area contributed by atoms with Crippen molar-refractivity contribution in [1.82, 2.24) is 10.2 Å². The summed E-state index contributed by atoms with van der Waals surface area (Å²) in [5, 5.41) is 3.00. The lowest BCUT2D eigenvalue weighted by molar-refractivity contribution is 0.179. The number of fused-ring (bicyclic) bond motifs is 1. The molecule has 2 amide bonds. The molecule has 1 fully saturated rings. The Morgan fingerprint density at radius 1 is 1.17 bits per heavy atom. The summed E-state index contributed by atoms with van der Waals surface area (Å²) in [5.74, 6) is -0.275. The fourth-order valence-electron chi connectivity index (χ4n) is 3.41. The van der Waals surface area contributed by atoms with Crippen LogP contribution in [0, 0.1) is 5.82 Å². The monoisotopic (exact) mass is 325 g/mol. The molecule has 3 atom stereocenters. The van der Waals surface area contributed by atoms with Gasteiger partial charge in [-0.05, 0) is 41.7 Å². The molecular formula is C19H20FN3O. The van der Waals surface area contributed by atoms with E-state index >= 15 is 0 Å². The van der Waals surface area contributed by atoms with E-state index in [1.165, 1.54) is 17.7 Å². The summed E-state index contributed by atoms with van der Waals surface area (Å²) in [6.45, 7) is 0.632. The number of nitrogens with two attached hydrogens (primary N) is 1. The molecule has 1 aliphatic carbocycles. The first-order chi connectivity index (χ1) is 11.6. The van der Waals surface area contributed by atoms with Crippen molar-refractivity contribution < 1.29 is 9.18 Å². The number of amides is 2. The number of hydrogen-bond donors (Lipinski definition) is 2. The van der Waals surface area contributed by atoms with Crippen LogP contribution in [0.5, 0.6) is 0 Å². The molecule has 1 saturated carbocycles. The van der Waals surface area contributed by atoms with Gasteiger partial charge in [-0.3, -0.25) is 0 Å². The minimum absolute atomic E-state index is 0.0651. The second-order valence-corrected chi connectivity index (χ2v) is 6.55. The lowest BCUT2D eigenvalue weighted by Crippen LogP contribution is -2.47. The third-order valence-electron chi connectivity index (χ3n) is 4.88. The molecule has 124 valence electrons. The van der Waals surface area contributed by atoms with E-state index in [2.05, 4.69) is 11.4 Å². The Morgan fingerprint density at radius 2 is 1.88 bits per heavy atom. The molecule has 0 saturated heterocycles. The molecular weight excluding hydrogens is 305 g/mol. The van der Waals surface area contributed by atoms with E-state index in [9.17, 15) is 9.18 Å². The van der Waals surface area contributed by atoms with E-state index in [1.54, 1.807) is 12.1 Å². The van der Waals surface area contributed by atoms with Gasteiger partial charge in [-0.2, -0.15) is 0 Å². The maximum Gasteiger partial charge on any atom is 0.318 e. The minimum Gasteiger partial charge on any atom is -0.334 e. The highest BCUT2D eigenvalue weighted by atomic mass is 19.1. The fraction of sp³-hybridized carbons (Fsp3) is 0.316. The van der Waals surface area contributed by atoms with Crippen LogP contribution < -0.4 is 11.1 Å². The molecule has 0 radical (unpaired) electrons. The second-order valence-electron chi connectivity index (χ2n) is 6.55. The molecule has 5 heteroatoms. The molecule has 2 aliphatic rings. The van der Waals surface area contributed by atoms with Gasteiger partial charge >= 0.3 is 6.03 Å². The third kappa shape index (κ3) is 2.76. The van der Waals surface area contributed by atoms with Gasteiger partial charge in [0.05, 0.1) is 6.04 Å². The summed E-state index contributed by atoms with van der Waals surface area (Å²) in [4.78, 5) is 14.6. The first-order valence-corrected chi connectivity index (χ1v) is 8.29. The summed E-state index contributed by atoms with van der Waals surface area (Å²) in [5.41, 5.74) is 9.06. The predicted octanol–water partition coefficient (Wildman–Crippen LogP) is 2.58. The maximum absolute atomic E-state index is 13.3. The van der Waals surface area contributed by atoms with Gasteiger partial charge in [0.2, 0.25) is 0 Å². The minimum atomic E-state index is -0.275. The molecule has 4 rings (SSSR count). The standard InChI is InChI=1S/C19H20FN3O/c20-14-7-5-13(6-8-14)18-15-4-2-1-3-12(15)9-10-23(18)19(24)22-17-11-16(17)21/h1-8,16-18H,9-11,21H2,(H,22,24)/t16-,17-,18+/m1/s1. The van der Waals surface area contributed by atoms with E-state index in [0.29, 0.717) is 6.54 Å². The molecule has 0 unspecified atom stereocenters. The summed E-state index contributed by atoms with van der Waals surface area (Å²) >= 11 is 0. The number of nitrogens with one attached hydrogen (secondary N) is 1. The van der Waals surface area contributed by atoms with Gasteiger partial charge in [-0.15, -0.1) is 0 Å². The van der Waals surface area contributed by atoms with E-state index in [1.807, 2.05) is 23.1 Å². The van der Waals surface area contributed by atoms with Crippen molar-refractivity contribution in [2.24, 2.45) is 5.73 Å². The van der Waals surface area contributed by atoms with Crippen molar-refractivity contribution in [3.8, 4) is 0 Å². The van der Waals surface area contributed by atoms with Crippen LogP contribution in [0.4, 0.5) is 9.18 Å². The number of hydrogen-bond acceptors (Lipinski definition) is 2. The van der Waals surface area contributed by atoms with Crippen LogP contribution in [0.3, 0.4) is 0 Å². The maximum atomic E-state index is 13.3. The number of urea groups is 1. The van der Waals surface area contributed by atoms with Gasteiger partial charge in [0.1, 0.15) is 5.82 Å². The van der Waals surface area contributed by atoms with Crippen molar-refractivity contribution >= 4 is 6.03 Å². The zero-order chi connectivity index (χ0) is 16.7. The molecule has 1 aliphatic heterocycles. The lowest BCUT2D eigenvalue weighted by atomic mass is 9.88. The summed E-state index contributed by atoms with van der Waals surface area (Å²) in [6, 6.07) is 14.4. The zero-order valence-corrected chi connectivity index (χ0v) is 13.3. The van der Waals surface area contributed by atoms with Crippen LogP contribution in [0.15, 0.2) is 48.5 Å². The van der Waals surface area contributed by atoms with Crippen molar-refractivity contribution in [3.63, 3.8) is 0 Å².